The summed E-state index contributed by atoms with van der Waals surface area (Å²) < 4.78 is 11.2. The molecule has 0 amide bonds. The average molecular weight is 256 g/mol. The monoisotopic (exact) mass is 256 g/mol. The second kappa shape index (κ2) is 6.82. The summed E-state index contributed by atoms with van der Waals surface area (Å²) in [4.78, 5) is 0. The second-order valence-corrected chi connectivity index (χ2v) is 4.03. The van der Waals surface area contributed by atoms with Gasteiger partial charge >= 0.3 is 7.69 Å². The van der Waals surface area contributed by atoms with Gasteiger partial charge in [-0.05, 0) is 12.1 Å². The zero-order chi connectivity index (χ0) is 13.5. The molecule has 0 aliphatic rings. The molecule has 0 aliphatic heterocycles. The first-order valence-corrected chi connectivity index (χ1v) is 6.16. The van der Waals surface area contributed by atoms with E-state index in [9.17, 15) is 0 Å². The molecule has 0 aliphatic carbocycles. The van der Waals surface area contributed by atoms with Crippen molar-refractivity contribution < 1.29 is 9.31 Å². The molecular weight excluding hydrogens is 239 g/mol. The maximum Gasteiger partial charge on any atom is 0.576 e. The first-order chi connectivity index (χ1) is 9.35. The normalized spacial score (nSPS) is 10.0. The maximum absolute atomic E-state index is 5.64. The zero-order valence-corrected chi connectivity index (χ0v) is 10.7. The molecule has 19 heavy (non-hydrogen) atoms. The summed E-state index contributed by atoms with van der Waals surface area (Å²) in [5, 5.41) is 0. The van der Waals surface area contributed by atoms with E-state index in [0.717, 1.165) is 22.6 Å². The van der Waals surface area contributed by atoms with Crippen LogP contribution < -0.4 is 20.8 Å². The largest absolute Gasteiger partial charge is 0.576 e. The molecule has 0 bridgehead atoms. The van der Waals surface area contributed by atoms with Gasteiger partial charge in [-0.2, -0.15) is 0 Å². The van der Waals surface area contributed by atoms with Crippen LogP contribution in [0.2, 0.25) is 0 Å². The Morgan fingerprint density at radius 3 is 1.58 bits per heavy atom. The molecular formula is C14H17BN2O2. The van der Waals surface area contributed by atoms with Crippen LogP contribution in [-0.4, -0.2) is 7.69 Å². The number of benzene rings is 2. The highest BCUT2D eigenvalue weighted by Gasteiger charge is 2.05. The fourth-order valence-electron chi connectivity index (χ4n) is 1.78. The summed E-state index contributed by atoms with van der Waals surface area (Å²) in [6.07, 6.45) is 0. The summed E-state index contributed by atoms with van der Waals surface area (Å²) in [7, 11) is 0.133. The van der Waals surface area contributed by atoms with Crippen molar-refractivity contribution in [1.82, 2.24) is 0 Å². The Labute approximate surface area is 113 Å². The van der Waals surface area contributed by atoms with Crippen molar-refractivity contribution >= 4 is 7.69 Å². The van der Waals surface area contributed by atoms with Crippen LogP contribution in [0, 0.1) is 0 Å². The van der Waals surface area contributed by atoms with Gasteiger partial charge in [0, 0.05) is 24.2 Å². The SMILES string of the molecule is NCc1ccccc1OBOc1ccccc1CN. The van der Waals surface area contributed by atoms with Crippen LogP contribution in [0.15, 0.2) is 48.5 Å². The van der Waals surface area contributed by atoms with Crippen molar-refractivity contribution in [2.24, 2.45) is 11.5 Å². The van der Waals surface area contributed by atoms with Gasteiger partial charge in [0.1, 0.15) is 11.5 Å². The highest BCUT2D eigenvalue weighted by Crippen LogP contribution is 2.19. The summed E-state index contributed by atoms with van der Waals surface area (Å²) in [5.41, 5.74) is 13.2. The predicted octanol–water partition coefficient (Wildman–Crippen LogP) is 1.33. The van der Waals surface area contributed by atoms with Crippen LogP contribution in [0.3, 0.4) is 0 Å². The fourth-order valence-corrected chi connectivity index (χ4v) is 1.78. The van der Waals surface area contributed by atoms with Crippen LogP contribution in [0.5, 0.6) is 11.5 Å². The number of para-hydroxylation sites is 2. The van der Waals surface area contributed by atoms with E-state index in [1.807, 2.05) is 48.5 Å². The van der Waals surface area contributed by atoms with Crippen molar-refractivity contribution in [2.45, 2.75) is 13.1 Å². The third kappa shape index (κ3) is 3.50. The Morgan fingerprint density at radius 1 is 0.737 bits per heavy atom. The summed E-state index contributed by atoms with van der Waals surface area (Å²) in [6, 6.07) is 15.3. The lowest BCUT2D eigenvalue weighted by atomic mass is 10.2. The van der Waals surface area contributed by atoms with Gasteiger partial charge in [0.25, 0.3) is 0 Å². The Balaban J connectivity index is 1.96. The van der Waals surface area contributed by atoms with E-state index >= 15 is 0 Å². The van der Waals surface area contributed by atoms with Gasteiger partial charge in [-0.1, -0.05) is 36.4 Å². The van der Waals surface area contributed by atoms with Crippen molar-refractivity contribution in [2.75, 3.05) is 0 Å². The minimum absolute atomic E-state index is 0.133. The molecule has 0 unspecified atom stereocenters. The average Bonchev–Trinajstić information content (AvgIpc) is 2.48. The van der Waals surface area contributed by atoms with Crippen LogP contribution in [0.25, 0.3) is 0 Å². The van der Waals surface area contributed by atoms with Crippen molar-refractivity contribution in [3.63, 3.8) is 0 Å². The van der Waals surface area contributed by atoms with Gasteiger partial charge in [-0.3, -0.25) is 0 Å². The number of hydrogen-bond acceptors (Lipinski definition) is 4. The maximum atomic E-state index is 5.64. The number of rotatable bonds is 6. The smallest absolute Gasteiger partial charge is 0.528 e. The molecule has 0 aromatic heterocycles. The quantitative estimate of drug-likeness (QED) is 0.765. The van der Waals surface area contributed by atoms with Crippen LogP contribution in [0.4, 0.5) is 0 Å². The highest BCUT2D eigenvalue weighted by atomic mass is 16.6. The van der Waals surface area contributed by atoms with Gasteiger partial charge in [-0.15, -0.1) is 0 Å². The molecule has 0 saturated heterocycles. The Morgan fingerprint density at radius 2 is 1.16 bits per heavy atom. The zero-order valence-electron chi connectivity index (χ0n) is 10.7. The number of hydrogen-bond donors (Lipinski definition) is 2. The Hall–Kier alpha value is -1.98. The van der Waals surface area contributed by atoms with E-state index in [-0.39, 0.29) is 7.69 Å². The molecule has 98 valence electrons. The van der Waals surface area contributed by atoms with Gasteiger partial charge in [0.05, 0.1) is 0 Å². The lowest BCUT2D eigenvalue weighted by molar-refractivity contribution is 0.453. The van der Waals surface area contributed by atoms with E-state index in [4.69, 9.17) is 20.8 Å². The van der Waals surface area contributed by atoms with E-state index in [2.05, 4.69) is 0 Å². The molecule has 0 saturated carbocycles. The summed E-state index contributed by atoms with van der Waals surface area (Å²) in [5.74, 6) is 1.49. The third-order valence-corrected chi connectivity index (χ3v) is 2.81. The van der Waals surface area contributed by atoms with Gasteiger partial charge in [-0.25, -0.2) is 0 Å². The minimum Gasteiger partial charge on any atom is -0.528 e. The minimum atomic E-state index is 0.133. The molecule has 2 rings (SSSR count). The lowest BCUT2D eigenvalue weighted by Gasteiger charge is -2.12. The topological polar surface area (TPSA) is 70.5 Å². The third-order valence-electron chi connectivity index (χ3n) is 2.81. The van der Waals surface area contributed by atoms with Gasteiger partial charge in [0.2, 0.25) is 0 Å². The van der Waals surface area contributed by atoms with Crippen LogP contribution in [0.1, 0.15) is 11.1 Å². The van der Waals surface area contributed by atoms with E-state index in [1.165, 1.54) is 0 Å². The fraction of sp³-hybridized carbons (Fsp3) is 0.143. The predicted molar refractivity (Wildman–Crippen MR) is 77.1 cm³/mol. The van der Waals surface area contributed by atoms with E-state index in [1.54, 1.807) is 0 Å². The standard InChI is InChI=1S/C14H17BN2O2/c16-9-11-5-1-3-7-13(11)18-15-19-14-8-4-2-6-12(14)10-17/h1-8,15H,9-10,16-17H2. The van der Waals surface area contributed by atoms with Gasteiger partial charge in [0.15, 0.2) is 0 Å². The first kappa shape index (κ1) is 13.5. The molecule has 0 atom stereocenters. The van der Waals surface area contributed by atoms with Crippen LogP contribution >= 0.6 is 0 Å². The van der Waals surface area contributed by atoms with E-state index < -0.39 is 0 Å². The highest BCUT2D eigenvalue weighted by molar-refractivity contribution is 6.20. The molecule has 4 nitrogen and oxygen atoms in total. The summed E-state index contributed by atoms with van der Waals surface area (Å²) in [6.45, 7) is 0.880. The molecule has 0 radical (unpaired) electrons. The molecule has 0 spiro atoms. The molecule has 0 heterocycles. The molecule has 0 fully saturated rings. The Bertz CT molecular complexity index is 487. The van der Waals surface area contributed by atoms with Crippen molar-refractivity contribution in [3.8, 4) is 11.5 Å². The second-order valence-electron chi connectivity index (χ2n) is 4.03. The van der Waals surface area contributed by atoms with Crippen LogP contribution in [-0.2, 0) is 13.1 Å². The molecule has 5 heteroatoms. The van der Waals surface area contributed by atoms with Crippen molar-refractivity contribution in [1.29, 1.82) is 0 Å². The lowest BCUT2D eigenvalue weighted by Crippen LogP contribution is -2.14. The number of nitrogens with two attached hydrogens (primary N) is 2. The van der Waals surface area contributed by atoms with Crippen molar-refractivity contribution in [3.05, 3.63) is 59.7 Å². The molecule has 2 aromatic rings. The molecule has 2 aromatic carbocycles. The first-order valence-electron chi connectivity index (χ1n) is 6.16. The van der Waals surface area contributed by atoms with E-state index in [0.29, 0.717) is 13.1 Å². The summed E-state index contributed by atoms with van der Waals surface area (Å²) >= 11 is 0. The van der Waals surface area contributed by atoms with Gasteiger partial charge < -0.3 is 20.8 Å². The molecule has 4 N–H and O–H groups in total. The Kier molecular flexibility index (Phi) is 4.83.